The molecule has 0 unspecified atom stereocenters. The Morgan fingerprint density at radius 3 is 2.62 bits per heavy atom. The zero-order valence-corrected chi connectivity index (χ0v) is 5.59. The van der Waals surface area contributed by atoms with Crippen molar-refractivity contribution in [1.82, 2.24) is 0 Å². The van der Waals surface area contributed by atoms with Crippen LogP contribution in [0.15, 0.2) is 12.2 Å². The molecule has 0 amide bonds. The van der Waals surface area contributed by atoms with E-state index in [0.717, 1.165) is 12.8 Å². The number of rotatable bonds is 3. The molecule has 0 saturated heterocycles. The molecule has 0 aromatic heterocycles. The van der Waals surface area contributed by atoms with Gasteiger partial charge < -0.3 is 5.11 Å². The van der Waals surface area contributed by atoms with Gasteiger partial charge in [0.15, 0.2) is 0 Å². The summed E-state index contributed by atoms with van der Waals surface area (Å²) in [5.74, 6) is 0. The summed E-state index contributed by atoms with van der Waals surface area (Å²) in [6.07, 6.45) is 5.79. The summed E-state index contributed by atoms with van der Waals surface area (Å²) in [6, 6.07) is 0. The van der Waals surface area contributed by atoms with Crippen molar-refractivity contribution in [1.29, 1.82) is 0 Å². The lowest BCUT2D eigenvalue weighted by Gasteiger charge is -1.97. The number of aliphatic hydroxyl groups is 1. The van der Waals surface area contributed by atoms with E-state index in [9.17, 15) is 0 Å². The molecule has 0 aromatic carbocycles. The van der Waals surface area contributed by atoms with Crippen LogP contribution in [0.5, 0.6) is 0 Å². The van der Waals surface area contributed by atoms with Gasteiger partial charge in [0.1, 0.15) is 0 Å². The Morgan fingerprint density at radius 2 is 2.25 bits per heavy atom. The van der Waals surface area contributed by atoms with Crippen molar-refractivity contribution in [3.63, 3.8) is 0 Å². The number of hydrogen-bond donors (Lipinski definition) is 1. The molecule has 0 rings (SSSR count). The molecule has 1 N–H and O–H groups in total. The van der Waals surface area contributed by atoms with Gasteiger partial charge in [-0.3, -0.25) is 0 Å². The van der Waals surface area contributed by atoms with Crippen molar-refractivity contribution in [2.45, 2.75) is 32.8 Å². The molecule has 48 valence electrons. The monoisotopic (exact) mass is 114 g/mol. The van der Waals surface area contributed by atoms with Gasteiger partial charge in [-0.1, -0.05) is 12.2 Å². The second kappa shape index (κ2) is 4.85. The lowest BCUT2D eigenvalue weighted by atomic mass is 10.2. The summed E-state index contributed by atoms with van der Waals surface area (Å²) in [5, 5.41) is 8.75. The Bertz CT molecular complexity index is 64.8. The fourth-order valence-electron chi connectivity index (χ4n) is 0.504. The highest BCUT2D eigenvalue weighted by molar-refractivity contribution is 4.76. The number of aliphatic hydroxyl groups excluding tert-OH is 1. The first-order chi connectivity index (χ1) is 3.77. The van der Waals surface area contributed by atoms with Crippen molar-refractivity contribution >= 4 is 0 Å². The van der Waals surface area contributed by atoms with Crippen molar-refractivity contribution < 1.29 is 5.11 Å². The molecule has 0 aliphatic rings. The first kappa shape index (κ1) is 7.70. The highest BCUT2D eigenvalue weighted by Crippen LogP contribution is 1.95. The molecule has 0 heterocycles. The average Bonchev–Trinajstić information content (AvgIpc) is 1.66. The minimum atomic E-state index is -0.147. The molecule has 0 spiro atoms. The fourth-order valence-corrected chi connectivity index (χ4v) is 0.504. The van der Waals surface area contributed by atoms with Crippen LogP contribution in [0.2, 0.25) is 0 Å². The van der Waals surface area contributed by atoms with Crippen LogP contribution in [0, 0.1) is 0 Å². The van der Waals surface area contributed by atoms with E-state index in [2.05, 4.69) is 6.08 Å². The summed E-state index contributed by atoms with van der Waals surface area (Å²) in [6.45, 7) is 3.80. The summed E-state index contributed by atoms with van der Waals surface area (Å²) in [7, 11) is 0. The van der Waals surface area contributed by atoms with E-state index in [0.29, 0.717) is 0 Å². The Kier molecular flexibility index (Phi) is 4.67. The van der Waals surface area contributed by atoms with E-state index in [1.54, 1.807) is 0 Å². The number of allylic oxidation sites excluding steroid dienone is 2. The first-order valence-corrected chi connectivity index (χ1v) is 3.06. The van der Waals surface area contributed by atoms with Crippen molar-refractivity contribution in [2.24, 2.45) is 0 Å². The molecular weight excluding hydrogens is 100 g/mol. The lowest BCUT2D eigenvalue weighted by molar-refractivity contribution is 0.186. The van der Waals surface area contributed by atoms with Crippen LogP contribution in [0.1, 0.15) is 26.7 Å². The summed E-state index contributed by atoms with van der Waals surface area (Å²) >= 11 is 0. The molecular formula is C7H14O. The lowest BCUT2D eigenvalue weighted by Crippen LogP contribution is -1.96. The zero-order chi connectivity index (χ0) is 6.41. The third kappa shape index (κ3) is 5.70. The van der Waals surface area contributed by atoms with Gasteiger partial charge in [-0.25, -0.2) is 0 Å². The first-order valence-electron chi connectivity index (χ1n) is 3.06. The standard InChI is InChI=1S/C7H14O/c1-3-4-5-6-7(2)8/h3-4,7-8H,5-6H2,1-2H3/b4-3+/t7-/m0/s1. The van der Waals surface area contributed by atoms with Gasteiger partial charge in [-0.15, -0.1) is 0 Å². The van der Waals surface area contributed by atoms with Gasteiger partial charge in [-0.05, 0) is 26.7 Å². The maximum atomic E-state index is 8.75. The summed E-state index contributed by atoms with van der Waals surface area (Å²) in [5.41, 5.74) is 0. The smallest absolute Gasteiger partial charge is 0.0515 e. The predicted molar refractivity (Wildman–Crippen MR) is 35.7 cm³/mol. The molecule has 0 radical (unpaired) electrons. The summed E-state index contributed by atoms with van der Waals surface area (Å²) in [4.78, 5) is 0. The van der Waals surface area contributed by atoms with Crippen molar-refractivity contribution in [2.75, 3.05) is 0 Å². The van der Waals surface area contributed by atoms with E-state index in [-0.39, 0.29) is 6.10 Å². The van der Waals surface area contributed by atoms with Crippen LogP contribution < -0.4 is 0 Å². The van der Waals surface area contributed by atoms with Gasteiger partial charge in [0.2, 0.25) is 0 Å². The van der Waals surface area contributed by atoms with E-state index in [1.807, 2.05) is 19.9 Å². The average molecular weight is 114 g/mol. The van der Waals surface area contributed by atoms with Crippen LogP contribution in [0.25, 0.3) is 0 Å². The minimum Gasteiger partial charge on any atom is -0.393 e. The molecule has 8 heavy (non-hydrogen) atoms. The van der Waals surface area contributed by atoms with Crippen LogP contribution in [0.3, 0.4) is 0 Å². The van der Waals surface area contributed by atoms with Gasteiger partial charge in [0.25, 0.3) is 0 Å². The molecule has 0 bridgehead atoms. The van der Waals surface area contributed by atoms with E-state index < -0.39 is 0 Å². The molecule has 0 fully saturated rings. The zero-order valence-electron chi connectivity index (χ0n) is 5.59. The molecule has 1 atom stereocenters. The highest BCUT2D eigenvalue weighted by atomic mass is 16.3. The Labute approximate surface area is 51.0 Å². The van der Waals surface area contributed by atoms with Gasteiger partial charge >= 0.3 is 0 Å². The largest absolute Gasteiger partial charge is 0.393 e. The molecule has 0 saturated carbocycles. The fraction of sp³-hybridized carbons (Fsp3) is 0.714. The van der Waals surface area contributed by atoms with E-state index >= 15 is 0 Å². The minimum absolute atomic E-state index is 0.147. The third-order valence-electron chi connectivity index (χ3n) is 0.987. The van der Waals surface area contributed by atoms with Crippen LogP contribution in [0.4, 0.5) is 0 Å². The predicted octanol–water partition coefficient (Wildman–Crippen LogP) is 1.72. The Hall–Kier alpha value is -0.300. The normalized spacial score (nSPS) is 14.9. The van der Waals surface area contributed by atoms with Crippen molar-refractivity contribution in [3.05, 3.63) is 12.2 Å². The van der Waals surface area contributed by atoms with Crippen molar-refractivity contribution in [3.8, 4) is 0 Å². The van der Waals surface area contributed by atoms with Gasteiger partial charge in [0.05, 0.1) is 6.10 Å². The molecule has 1 heteroatoms. The second-order valence-electron chi connectivity index (χ2n) is 2.00. The third-order valence-corrected chi connectivity index (χ3v) is 0.987. The van der Waals surface area contributed by atoms with Gasteiger partial charge in [0, 0.05) is 0 Å². The quantitative estimate of drug-likeness (QED) is 0.554. The highest BCUT2D eigenvalue weighted by Gasteiger charge is 1.89. The molecule has 1 nitrogen and oxygen atoms in total. The maximum absolute atomic E-state index is 8.75. The molecule has 0 aromatic rings. The maximum Gasteiger partial charge on any atom is 0.0515 e. The molecule has 0 aliphatic carbocycles. The molecule has 0 aliphatic heterocycles. The summed E-state index contributed by atoms with van der Waals surface area (Å²) < 4.78 is 0. The van der Waals surface area contributed by atoms with Crippen LogP contribution in [-0.2, 0) is 0 Å². The Balaban J connectivity index is 2.93. The Morgan fingerprint density at radius 1 is 1.62 bits per heavy atom. The second-order valence-corrected chi connectivity index (χ2v) is 2.00. The number of hydrogen-bond acceptors (Lipinski definition) is 1. The van der Waals surface area contributed by atoms with Crippen LogP contribution in [-0.4, -0.2) is 11.2 Å². The van der Waals surface area contributed by atoms with Gasteiger partial charge in [-0.2, -0.15) is 0 Å². The van der Waals surface area contributed by atoms with E-state index in [4.69, 9.17) is 5.11 Å². The van der Waals surface area contributed by atoms with Crippen LogP contribution >= 0.6 is 0 Å². The SMILES string of the molecule is C/C=C/CC[C@H](C)O. The topological polar surface area (TPSA) is 20.2 Å². The van der Waals surface area contributed by atoms with E-state index in [1.165, 1.54) is 0 Å².